The maximum absolute atomic E-state index is 9.44. The number of rotatable bonds is 8. The van der Waals surface area contributed by atoms with Crippen LogP contribution >= 0.6 is 0 Å². The standard InChI is InChI=1S/C15H27N3/c1-12(2)17-15(3,10-16)11-18(8-13-4-5-13)9-14-6-7-14/h12-14,17H,4-9,11H2,1-3H3. The molecule has 0 bridgehead atoms. The van der Waals surface area contributed by atoms with Crippen LogP contribution in [0, 0.1) is 23.2 Å². The molecule has 0 amide bonds. The largest absolute Gasteiger partial charge is 0.300 e. The van der Waals surface area contributed by atoms with Crippen LogP contribution in [0.2, 0.25) is 0 Å². The number of nitrogens with one attached hydrogen (secondary N) is 1. The summed E-state index contributed by atoms with van der Waals surface area (Å²) in [6.45, 7) is 9.54. The van der Waals surface area contributed by atoms with E-state index in [9.17, 15) is 5.26 Å². The normalized spacial score (nSPS) is 23.1. The van der Waals surface area contributed by atoms with Crippen molar-refractivity contribution < 1.29 is 0 Å². The van der Waals surface area contributed by atoms with Gasteiger partial charge in [-0.1, -0.05) is 0 Å². The summed E-state index contributed by atoms with van der Waals surface area (Å²) in [7, 11) is 0. The molecule has 2 saturated carbocycles. The number of nitriles is 1. The van der Waals surface area contributed by atoms with E-state index in [0.717, 1.165) is 18.4 Å². The fourth-order valence-electron chi connectivity index (χ4n) is 2.73. The van der Waals surface area contributed by atoms with Crippen molar-refractivity contribution in [3.05, 3.63) is 0 Å². The Morgan fingerprint density at radius 2 is 1.72 bits per heavy atom. The zero-order chi connectivity index (χ0) is 13.2. The summed E-state index contributed by atoms with van der Waals surface area (Å²) >= 11 is 0. The molecular formula is C15H27N3. The summed E-state index contributed by atoms with van der Waals surface area (Å²) in [5.74, 6) is 1.82. The smallest absolute Gasteiger partial charge is 0.116 e. The monoisotopic (exact) mass is 249 g/mol. The van der Waals surface area contributed by atoms with Gasteiger partial charge in [-0.3, -0.25) is 10.2 Å². The third kappa shape index (κ3) is 4.59. The molecule has 0 spiro atoms. The first-order chi connectivity index (χ1) is 8.50. The molecule has 2 aliphatic carbocycles. The number of hydrogen-bond acceptors (Lipinski definition) is 3. The Balaban J connectivity index is 1.89. The van der Waals surface area contributed by atoms with Crippen LogP contribution in [-0.4, -0.2) is 36.1 Å². The van der Waals surface area contributed by atoms with Crippen molar-refractivity contribution in [1.82, 2.24) is 10.2 Å². The summed E-state index contributed by atoms with van der Waals surface area (Å²) in [4.78, 5) is 2.54. The highest BCUT2D eigenvalue weighted by Gasteiger charge is 2.34. The molecule has 1 unspecified atom stereocenters. The summed E-state index contributed by atoms with van der Waals surface area (Å²) in [5.41, 5.74) is -0.405. The zero-order valence-corrected chi connectivity index (χ0v) is 12.1. The fraction of sp³-hybridized carbons (Fsp3) is 0.933. The number of hydrogen-bond donors (Lipinski definition) is 1. The molecule has 1 N–H and O–H groups in total. The lowest BCUT2D eigenvalue weighted by Gasteiger charge is -2.33. The van der Waals surface area contributed by atoms with Crippen molar-refractivity contribution in [2.75, 3.05) is 19.6 Å². The van der Waals surface area contributed by atoms with Crippen molar-refractivity contribution in [2.45, 2.75) is 58.0 Å². The Morgan fingerprint density at radius 1 is 1.22 bits per heavy atom. The Kier molecular flexibility index (Phi) is 4.29. The second-order valence-electron chi connectivity index (χ2n) is 6.82. The van der Waals surface area contributed by atoms with Gasteiger partial charge in [-0.25, -0.2) is 0 Å². The minimum Gasteiger partial charge on any atom is -0.300 e. The predicted molar refractivity (Wildman–Crippen MR) is 74.2 cm³/mol. The van der Waals surface area contributed by atoms with Crippen LogP contribution in [-0.2, 0) is 0 Å². The van der Waals surface area contributed by atoms with Crippen LogP contribution < -0.4 is 5.32 Å². The number of nitrogens with zero attached hydrogens (tertiary/aromatic N) is 2. The van der Waals surface area contributed by atoms with Gasteiger partial charge in [0.05, 0.1) is 6.07 Å². The Labute approximate surface area is 112 Å². The highest BCUT2D eigenvalue weighted by molar-refractivity contribution is 5.07. The van der Waals surface area contributed by atoms with Gasteiger partial charge in [-0.05, 0) is 58.3 Å². The first-order valence-corrected chi connectivity index (χ1v) is 7.42. The van der Waals surface area contributed by atoms with Crippen molar-refractivity contribution in [3.8, 4) is 6.07 Å². The van der Waals surface area contributed by atoms with E-state index in [2.05, 4.69) is 30.1 Å². The molecule has 3 heteroatoms. The molecule has 0 saturated heterocycles. The van der Waals surface area contributed by atoms with E-state index in [1.165, 1.54) is 38.8 Å². The molecule has 0 aromatic heterocycles. The van der Waals surface area contributed by atoms with Gasteiger partial charge in [-0.2, -0.15) is 5.26 Å². The molecule has 0 radical (unpaired) electrons. The third-order valence-corrected chi connectivity index (χ3v) is 3.82. The maximum Gasteiger partial charge on any atom is 0.116 e. The zero-order valence-electron chi connectivity index (χ0n) is 12.1. The van der Waals surface area contributed by atoms with Crippen molar-refractivity contribution in [3.63, 3.8) is 0 Å². The Hall–Kier alpha value is -0.590. The van der Waals surface area contributed by atoms with Gasteiger partial charge < -0.3 is 0 Å². The third-order valence-electron chi connectivity index (χ3n) is 3.82. The highest BCUT2D eigenvalue weighted by Crippen LogP contribution is 2.34. The minimum atomic E-state index is -0.405. The maximum atomic E-state index is 9.44. The SMILES string of the molecule is CC(C)NC(C)(C#N)CN(CC1CC1)CC1CC1. The molecule has 102 valence electrons. The van der Waals surface area contributed by atoms with E-state index < -0.39 is 5.54 Å². The molecule has 3 nitrogen and oxygen atoms in total. The second-order valence-corrected chi connectivity index (χ2v) is 6.82. The van der Waals surface area contributed by atoms with Crippen LogP contribution in [0.4, 0.5) is 0 Å². The van der Waals surface area contributed by atoms with Crippen LogP contribution in [0.3, 0.4) is 0 Å². The molecular weight excluding hydrogens is 222 g/mol. The Morgan fingerprint density at radius 3 is 2.06 bits per heavy atom. The molecule has 1 atom stereocenters. The summed E-state index contributed by atoms with van der Waals surface area (Å²) in [6, 6.07) is 2.83. The van der Waals surface area contributed by atoms with Gasteiger partial charge in [0.15, 0.2) is 0 Å². The highest BCUT2D eigenvalue weighted by atomic mass is 15.2. The van der Waals surface area contributed by atoms with E-state index in [0.29, 0.717) is 6.04 Å². The summed E-state index contributed by atoms with van der Waals surface area (Å²) in [5, 5.41) is 12.9. The molecule has 18 heavy (non-hydrogen) atoms. The van der Waals surface area contributed by atoms with E-state index in [1.807, 2.05) is 6.92 Å². The van der Waals surface area contributed by atoms with Gasteiger partial charge in [0.25, 0.3) is 0 Å². The lowest BCUT2D eigenvalue weighted by Crippen LogP contribution is -2.53. The second kappa shape index (κ2) is 5.59. The van der Waals surface area contributed by atoms with Crippen LogP contribution in [0.25, 0.3) is 0 Å². The Bertz CT molecular complexity index is 298. The van der Waals surface area contributed by atoms with Gasteiger partial charge in [0.2, 0.25) is 0 Å². The first kappa shape index (κ1) is 13.8. The van der Waals surface area contributed by atoms with E-state index in [1.54, 1.807) is 0 Å². The van der Waals surface area contributed by atoms with E-state index in [-0.39, 0.29) is 0 Å². The minimum absolute atomic E-state index is 0.360. The average molecular weight is 249 g/mol. The lowest BCUT2D eigenvalue weighted by atomic mass is 10.0. The van der Waals surface area contributed by atoms with Crippen LogP contribution in [0.5, 0.6) is 0 Å². The van der Waals surface area contributed by atoms with Gasteiger partial charge in [-0.15, -0.1) is 0 Å². The average Bonchev–Trinajstić information content (AvgIpc) is 3.12. The van der Waals surface area contributed by atoms with Gasteiger partial charge in [0.1, 0.15) is 5.54 Å². The molecule has 2 aliphatic rings. The molecule has 0 heterocycles. The predicted octanol–water partition coefficient (Wildman–Crippen LogP) is 2.39. The molecule has 0 aliphatic heterocycles. The van der Waals surface area contributed by atoms with Crippen LogP contribution in [0.1, 0.15) is 46.5 Å². The van der Waals surface area contributed by atoms with Crippen molar-refractivity contribution in [1.29, 1.82) is 5.26 Å². The summed E-state index contributed by atoms with van der Waals surface area (Å²) < 4.78 is 0. The quantitative estimate of drug-likeness (QED) is 0.718. The van der Waals surface area contributed by atoms with Crippen LogP contribution in [0.15, 0.2) is 0 Å². The summed E-state index contributed by atoms with van der Waals surface area (Å²) in [6.07, 6.45) is 5.56. The van der Waals surface area contributed by atoms with Gasteiger partial charge in [0, 0.05) is 25.7 Å². The topological polar surface area (TPSA) is 39.1 Å². The molecule has 0 aromatic carbocycles. The van der Waals surface area contributed by atoms with Crippen molar-refractivity contribution in [2.24, 2.45) is 11.8 Å². The molecule has 0 aromatic rings. The lowest BCUT2D eigenvalue weighted by molar-refractivity contribution is 0.199. The van der Waals surface area contributed by atoms with E-state index in [4.69, 9.17) is 0 Å². The van der Waals surface area contributed by atoms with E-state index >= 15 is 0 Å². The fourth-order valence-corrected chi connectivity index (χ4v) is 2.73. The first-order valence-electron chi connectivity index (χ1n) is 7.42. The molecule has 2 rings (SSSR count). The molecule has 2 fully saturated rings. The van der Waals surface area contributed by atoms with Crippen molar-refractivity contribution >= 4 is 0 Å². The van der Waals surface area contributed by atoms with Gasteiger partial charge >= 0.3 is 0 Å².